The van der Waals surface area contributed by atoms with Gasteiger partial charge in [0.05, 0.1) is 18.8 Å². The van der Waals surface area contributed by atoms with E-state index in [2.05, 4.69) is 9.80 Å². The Kier molecular flexibility index (Phi) is 7.10. The molecule has 136 valence electrons. The SMILES string of the molecule is CC(C)OCC(O)CN1CCN(C(C)c2ccc(F)cc2F)CC1. The van der Waals surface area contributed by atoms with Crippen molar-refractivity contribution in [3.63, 3.8) is 0 Å². The Morgan fingerprint density at radius 1 is 1.12 bits per heavy atom. The van der Waals surface area contributed by atoms with Crippen molar-refractivity contribution in [2.24, 2.45) is 0 Å². The summed E-state index contributed by atoms with van der Waals surface area (Å²) in [6.45, 7) is 9.96. The molecule has 1 heterocycles. The normalized spacial score (nSPS) is 19.6. The molecule has 1 aliphatic heterocycles. The standard InChI is InChI=1S/C18H28F2N2O2/c1-13(2)24-12-16(23)11-21-6-8-22(9-7-21)14(3)17-5-4-15(19)10-18(17)20/h4-5,10,13-14,16,23H,6-9,11-12H2,1-3H3. The molecule has 2 atom stereocenters. The molecule has 1 aromatic rings. The zero-order chi connectivity index (χ0) is 17.7. The molecule has 2 unspecified atom stereocenters. The third kappa shape index (κ3) is 5.48. The van der Waals surface area contributed by atoms with Gasteiger partial charge in [0.15, 0.2) is 0 Å². The molecule has 2 rings (SSSR count). The molecule has 1 aromatic carbocycles. The highest BCUT2D eigenvalue weighted by Crippen LogP contribution is 2.24. The van der Waals surface area contributed by atoms with Crippen LogP contribution in [-0.4, -0.2) is 66.4 Å². The van der Waals surface area contributed by atoms with Gasteiger partial charge in [-0.05, 0) is 26.8 Å². The van der Waals surface area contributed by atoms with Crippen molar-refractivity contribution in [1.82, 2.24) is 9.80 Å². The Balaban J connectivity index is 1.81. The first-order valence-electron chi connectivity index (χ1n) is 8.58. The fourth-order valence-electron chi connectivity index (χ4n) is 3.02. The summed E-state index contributed by atoms with van der Waals surface area (Å²) in [5.74, 6) is -1.04. The molecule has 0 aromatic heterocycles. The fraction of sp³-hybridized carbons (Fsp3) is 0.667. The van der Waals surface area contributed by atoms with Crippen molar-refractivity contribution in [2.45, 2.75) is 39.0 Å². The van der Waals surface area contributed by atoms with Crippen LogP contribution in [0.1, 0.15) is 32.4 Å². The average Bonchev–Trinajstić information content (AvgIpc) is 2.53. The molecule has 24 heavy (non-hydrogen) atoms. The van der Waals surface area contributed by atoms with E-state index in [0.29, 0.717) is 18.7 Å². The lowest BCUT2D eigenvalue weighted by molar-refractivity contribution is -0.0164. The van der Waals surface area contributed by atoms with E-state index < -0.39 is 17.7 Å². The van der Waals surface area contributed by atoms with Crippen molar-refractivity contribution < 1.29 is 18.6 Å². The number of aliphatic hydroxyl groups excluding tert-OH is 1. The monoisotopic (exact) mass is 342 g/mol. The van der Waals surface area contributed by atoms with Gasteiger partial charge in [-0.3, -0.25) is 9.80 Å². The number of halogens is 2. The third-order valence-corrected chi connectivity index (χ3v) is 4.46. The van der Waals surface area contributed by atoms with Crippen LogP contribution >= 0.6 is 0 Å². The summed E-state index contributed by atoms with van der Waals surface area (Å²) in [7, 11) is 0. The van der Waals surface area contributed by atoms with Gasteiger partial charge in [0.25, 0.3) is 0 Å². The predicted octanol–water partition coefficient (Wildman–Crippen LogP) is 2.43. The largest absolute Gasteiger partial charge is 0.389 e. The molecule has 0 amide bonds. The molecule has 1 aliphatic rings. The van der Waals surface area contributed by atoms with Gasteiger partial charge in [0.1, 0.15) is 11.6 Å². The van der Waals surface area contributed by atoms with Gasteiger partial charge in [-0.1, -0.05) is 6.07 Å². The van der Waals surface area contributed by atoms with Crippen LogP contribution in [0.4, 0.5) is 8.78 Å². The van der Waals surface area contributed by atoms with Crippen molar-refractivity contribution in [3.8, 4) is 0 Å². The molecule has 0 aliphatic carbocycles. The second-order valence-corrected chi connectivity index (χ2v) is 6.71. The van der Waals surface area contributed by atoms with Crippen LogP contribution in [-0.2, 0) is 4.74 Å². The number of piperazine rings is 1. The van der Waals surface area contributed by atoms with Crippen molar-refractivity contribution in [1.29, 1.82) is 0 Å². The van der Waals surface area contributed by atoms with Gasteiger partial charge >= 0.3 is 0 Å². The van der Waals surface area contributed by atoms with E-state index in [-0.39, 0.29) is 12.1 Å². The van der Waals surface area contributed by atoms with Crippen LogP contribution in [0.25, 0.3) is 0 Å². The molecule has 0 radical (unpaired) electrons. The van der Waals surface area contributed by atoms with E-state index in [0.717, 1.165) is 32.2 Å². The highest BCUT2D eigenvalue weighted by atomic mass is 19.1. The summed E-state index contributed by atoms with van der Waals surface area (Å²) in [6.07, 6.45) is -0.381. The van der Waals surface area contributed by atoms with Crippen LogP contribution in [0.15, 0.2) is 18.2 Å². The summed E-state index contributed by atoms with van der Waals surface area (Å²) >= 11 is 0. The maximum atomic E-state index is 13.9. The molecular weight excluding hydrogens is 314 g/mol. The first kappa shape index (κ1) is 19.2. The molecule has 0 saturated carbocycles. The molecule has 0 spiro atoms. The number of benzene rings is 1. The zero-order valence-corrected chi connectivity index (χ0v) is 14.7. The van der Waals surface area contributed by atoms with E-state index >= 15 is 0 Å². The van der Waals surface area contributed by atoms with Crippen LogP contribution in [0.5, 0.6) is 0 Å². The van der Waals surface area contributed by atoms with Gasteiger partial charge in [-0.2, -0.15) is 0 Å². The smallest absolute Gasteiger partial charge is 0.130 e. The quantitative estimate of drug-likeness (QED) is 0.826. The molecule has 0 bridgehead atoms. The minimum Gasteiger partial charge on any atom is -0.389 e. The fourth-order valence-corrected chi connectivity index (χ4v) is 3.02. The Labute approximate surface area is 143 Å². The lowest BCUT2D eigenvalue weighted by atomic mass is 10.1. The van der Waals surface area contributed by atoms with E-state index in [1.165, 1.54) is 12.1 Å². The van der Waals surface area contributed by atoms with Gasteiger partial charge in [0, 0.05) is 50.4 Å². The van der Waals surface area contributed by atoms with Crippen LogP contribution in [0.3, 0.4) is 0 Å². The predicted molar refractivity (Wildman–Crippen MR) is 89.9 cm³/mol. The van der Waals surface area contributed by atoms with E-state index in [9.17, 15) is 13.9 Å². The molecule has 1 fully saturated rings. The number of β-amino-alcohol motifs (C(OH)–C–C–N with tert-alkyl or cyclic N) is 1. The third-order valence-electron chi connectivity index (χ3n) is 4.46. The highest BCUT2D eigenvalue weighted by Gasteiger charge is 2.25. The number of nitrogens with zero attached hydrogens (tertiary/aromatic N) is 2. The number of aliphatic hydroxyl groups is 1. The number of ether oxygens (including phenoxy) is 1. The number of hydrogen-bond acceptors (Lipinski definition) is 4. The molecular formula is C18H28F2N2O2. The molecule has 1 N–H and O–H groups in total. The molecule has 1 saturated heterocycles. The summed E-state index contributed by atoms with van der Waals surface area (Å²) in [5.41, 5.74) is 0.523. The maximum absolute atomic E-state index is 13.9. The summed E-state index contributed by atoms with van der Waals surface area (Å²) in [4.78, 5) is 4.38. The Morgan fingerprint density at radius 2 is 1.79 bits per heavy atom. The summed E-state index contributed by atoms with van der Waals surface area (Å²) in [5, 5.41) is 10.0. The van der Waals surface area contributed by atoms with Crippen molar-refractivity contribution in [3.05, 3.63) is 35.4 Å². The lowest BCUT2D eigenvalue weighted by Gasteiger charge is -2.38. The topological polar surface area (TPSA) is 35.9 Å². The first-order valence-corrected chi connectivity index (χ1v) is 8.58. The first-order chi connectivity index (χ1) is 11.4. The minimum absolute atomic E-state index is 0.0954. The van der Waals surface area contributed by atoms with Gasteiger partial charge in [0.2, 0.25) is 0 Å². The number of hydrogen-bond donors (Lipinski definition) is 1. The van der Waals surface area contributed by atoms with Gasteiger partial charge < -0.3 is 9.84 Å². The second kappa shape index (κ2) is 8.85. The van der Waals surface area contributed by atoms with E-state index in [1.807, 2.05) is 20.8 Å². The minimum atomic E-state index is -0.550. The van der Waals surface area contributed by atoms with Crippen LogP contribution in [0, 0.1) is 11.6 Å². The second-order valence-electron chi connectivity index (χ2n) is 6.71. The summed E-state index contributed by atoms with van der Waals surface area (Å²) < 4.78 is 32.4. The Hall–Kier alpha value is -1.08. The number of rotatable bonds is 7. The Bertz CT molecular complexity index is 520. The average molecular weight is 342 g/mol. The van der Waals surface area contributed by atoms with Gasteiger partial charge in [-0.15, -0.1) is 0 Å². The van der Waals surface area contributed by atoms with Crippen molar-refractivity contribution in [2.75, 3.05) is 39.3 Å². The zero-order valence-electron chi connectivity index (χ0n) is 14.7. The Morgan fingerprint density at radius 3 is 2.38 bits per heavy atom. The highest BCUT2D eigenvalue weighted by molar-refractivity contribution is 5.21. The molecule has 6 heteroatoms. The van der Waals surface area contributed by atoms with E-state index in [1.54, 1.807) is 0 Å². The maximum Gasteiger partial charge on any atom is 0.130 e. The van der Waals surface area contributed by atoms with Crippen LogP contribution < -0.4 is 0 Å². The van der Waals surface area contributed by atoms with Gasteiger partial charge in [-0.25, -0.2) is 8.78 Å². The lowest BCUT2D eigenvalue weighted by Crippen LogP contribution is -2.49. The molecule has 4 nitrogen and oxygen atoms in total. The summed E-state index contributed by atoms with van der Waals surface area (Å²) in [6, 6.07) is 3.67. The van der Waals surface area contributed by atoms with E-state index in [4.69, 9.17) is 4.74 Å². The van der Waals surface area contributed by atoms with Crippen LogP contribution in [0.2, 0.25) is 0 Å². The van der Waals surface area contributed by atoms with Crippen molar-refractivity contribution >= 4 is 0 Å².